The third kappa shape index (κ3) is 6.21. The van der Waals surface area contributed by atoms with Gasteiger partial charge in [-0.15, -0.1) is 5.10 Å². The maximum absolute atomic E-state index is 13.7. The molecule has 2 aromatic carbocycles. The number of aliphatic hydroxyl groups excluding tert-OH is 2. The third-order valence-corrected chi connectivity index (χ3v) is 7.64. The van der Waals surface area contributed by atoms with Gasteiger partial charge >= 0.3 is 10.4 Å². The molecule has 4 rings (SSSR count). The van der Waals surface area contributed by atoms with Crippen molar-refractivity contribution in [2.75, 3.05) is 6.61 Å². The van der Waals surface area contributed by atoms with E-state index in [1.54, 1.807) is 0 Å². The van der Waals surface area contributed by atoms with Crippen LogP contribution in [0.3, 0.4) is 0 Å². The Labute approximate surface area is 221 Å². The minimum Gasteiger partial charge on any atom is -0.394 e. The van der Waals surface area contributed by atoms with Crippen molar-refractivity contribution in [3.63, 3.8) is 0 Å². The zero-order valence-corrected chi connectivity index (χ0v) is 21.2. The van der Waals surface area contributed by atoms with Crippen LogP contribution in [0.15, 0.2) is 41.4 Å². The highest BCUT2D eigenvalue weighted by Gasteiger charge is 2.49. The van der Waals surface area contributed by atoms with Gasteiger partial charge in [0.25, 0.3) is 0 Å². The molecule has 0 saturated carbocycles. The van der Waals surface area contributed by atoms with Crippen LogP contribution >= 0.6 is 35.0 Å². The van der Waals surface area contributed by atoms with Gasteiger partial charge in [0.05, 0.1) is 22.8 Å². The molecule has 1 aliphatic rings. The number of thioether (sulfide) groups is 1. The summed E-state index contributed by atoms with van der Waals surface area (Å²) in [5, 5.41) is 28.6. The van der Waals surface area contributed by atoms with Crippen LogP contribution < -0.4 is 0 Å². The van der Waals surface area contributed by atoms with Crippen LogP contribution in [0.1, 0.15) is 6.04 Å². The molecule has 0 bridgehead atoms. The Hall–Kier alpha value is -1.95. The van der Waals surface area contributed by atoms with Gasteiger partial charge in [0.2, 0.25) is 0 Å². The Bertz CT molecular complexity index is 1390. The Kier molecular flexibility index (Phi) is 8.37. The second kappa shape index (κ2) is 11.0. The summed E-state index contributed by atoms with van der Waals surface area (Å²) >= 11 is 12.8. The van der Waals surface area contributed by atoms with Gasteiger partial charge in [0, 0.05) is 10.5 Å². The molecule has 0 radical (unpaired) electrons. The van der Waals surface area contributed by atoms with E-state index in [1.807, 2.05) is 0 Å². The lowest BCUT2D eigenvalue weighted by Crippen LogP contribution is -2.56. The highest BCUT2D eigenvalue weighted by atomic mass is 35.5. The first kappa shape index (κ1) is 28.1. The topological polar surface area (TPSA) is 144 Å². The maximum atomic E-state index is 13.7. The summed E-state index contributed by atoms with van der Waals surface area (Å²) in [5.74, 6) is -4.66. The minimum atomic E-state index is -5.13. The molecule has 2 heterocycles. The summed E-state index contributed by atoms with van der Waals surface area (Å²) in [6, 6.07) is 4.31. The van der Waals surface area contributed by atoms with Gasteiger partial charge in [-0.05, 0) is 30.3 Å². The van der Waals surface area contributed by atoms with E-state index in [1.165, 1.54) is 18.2 Å². The summed E-state index contributed by atoms with van der Waals surface area (Å²) in [7, 11) is -5.13. The van der Waals surface area contributed by atoms with Gasteiger partial charge in [-0.25, -0.2) is 22.0 Å². The van der Waals surface area contributed by atoms with Gasteiger partial charge in [-0.1, -0.05) is 40.2 Å². The number of hydrogen-bond acceptors (Lipinski definition) is 9. The molecule has 37 heavy (non-hydrogen) atoms. The first-order valence-corrected chi connectivity index (χ1v) is 13.2. The maximum Gasteiger partial charge on any atom is 0.397 e. The average molecular weight is 602 g/mol. The molecule has 0 spiro atoms. The molecule has 3 N–H and O–H groups in total. The van der Waals surface area contributed by atoms with E-state index < -0.39 is 64.2 Å². The average Bonchev–Trinajstić information content (AvgIpc) is 3.30. The third-order valence-electron chi connectivity index (χ3n) is 5.30. The van der Waals surface area contributed by atoms with E-state index in [0.29, 0.717) is 17.0 Å². The fraction of sp³-hybridized carbons (Fsp3) is 0.300. The highest BCUT2D eigenvalue weighted by molar-refractivity contribution is 7.99. The number of aromatic nitrogens is 3. The lowest BCUT2D eigenvalue weighted by molar-refractivity contribution is -0.172. The Morgan fingerprint density at radius 2 is 1.81 bits per heavy atom. The first-order valence-electron chi connectivity index (χ1n) is 10.2. The molecule has 0 amide bonds. The van der Waals surface area contributed by atoms with E-state index in [4.69, 9.17) is 32.1 Å². The fourth-order valence-electron chi connectivity index (χ4n) is 3.64. The summed E-state index contributed by atoms with van der Waals surface area (Å²) in [4.78, 5) is 0.423. The van der Waals surface area contributed by atoms with Crippen LogP contribution in [0.25, 0.3) is 11.3 Å². The molecular formula is C20H16Cl2F3N3O7S2. The molecular weight excluding hydrogens is 586 g/mol. The summed E-state index contributed by atoms with van der Waals surface area (Å²) < 4.78 is 85.0. The summed E-state index contributed by atoms with van der Waals surface area (Å²) in [6.45, 7) is -0.718. The molecule has 1 saturated heterocycles. The lowest BCUT2D eigenvalue weighted by atomic mass is 9.97. The zero-order valence-electron chi connectivity index (χ0n) is 18.1. The van der Waals surface area contributed by atoms with Crippen molar-refractivity contribution in [1.29, 1.82) is 0 Å². The quantitative estimate of drug-likeness (QED) is 0.272. The number of benzene rings is 2. The molecule has 10 nitrogen and oxygen atoms in total. The predicted molar refractivity (Wildman–Crippen MR) is 125 cm³/mol. The van der Waals surface area contributed by atoms with Crippen molar-refractivity contribution in [3.8, 4) is 11.3 Å². The minimum absolute atomic E-state index is 0.170. The van der Waals surface area contributed by atoms with Crippen LogP contribution in [0, 0.1) is 17.5 Å². The zero-order chi connectivity index (χ0) is 27.1. The Morgan fingerprint density at radius 3 is 2.41 bits per heavy atom. The van der Waals surface area contributed by atoms with E-state index in [2.05, 4.69) is 10.3 Å². The van der Waals surface area contributed by atoms with Gasteiger partial charge in [-0.2, -0.15) is 8.42 Å². The Morgan fingerprint density at radius 1 is 1.14 bits per heavy atom. The predicted octanol–water partition coefficient (Wildman–Crippen LogP) is 3.27. The lowest BCUT2D eigenvalue weighted by Gasteiger charge is -2.42. The Balaban J connectivity index is 1.75. The van der Waals surface area contributed by atoms with Gasteiger partial charge < -0.3 is 14.9 Å². The van der Waals surface area contributed by atoms with E-state index >= 15 is 0 Å². The van der Waals surface area contributed by atoms with Gasteiger partial charge in [-0.3, -0.25) is 4.55 Å². The number of aliphatic hydroxyl groups is 2. The van der Waals surface area contributed by atoms with Crippen molar-refractivity contribution < 1.29 is 45.3 Å². The molecule has 3 aromatic rings. The standard InChI is InChI=1S/C20H16Cl2F3N3O7S2/c21-10-2-1-9(5-11(10)22)36-20-19(35-37(31,32)33)17(18(30)15(7-29)34-20)28-6-14(26-27-28)8-3-12(23)16(25)13(24)4-8/h1-6,15,17-20,29-30H,7H2,(H,31,32,33). The van der Waals surface area contributed by atoms with Gasteiger partial charge in [0.1, 0.15) is 35.5 Å². The van der Waals surface area contributed by atoms with Crippen LogP contribution in [0.5, 0.6) is 0 Å². The van der Waals surface area contributed by atoms with E-state index in [-0.39, 0.29) is 21.3 Å². The molecule has 5 atom stereocenters. The molecule has 200 valence electrons. The molecule has 1 fully saturated rings. The number of nitrogens with zero attached hydrogens (tertiary/aromatic N) is 3. The highest BCUT2D eigenvalue weighted by Crippen LogP contribution is 2.41. The van der Waals surface area contributed by atoms with E-state index in [9.17, 15) is 36.4 Å². The summed E-state index contributed by atoms with van der Waals surface area (Å²) in [6.07, 6.45) is -3.55. The monoisotopic (exact) mass is 601 g/mol. The fourth-order valence-corrected chi connectivity index (χ4v) is 5.72. The van der Waals surface area contributed by atoms with Crippen molar-refractivity contribution in [2.24, 2.45) is 0 Å². The van der Waals surface area contributed by atoms with Crippen LogP contribution in [-0.2, 0) is 19.3 Å². The number of hydrogen-bond donors (Lipinski definition) is 3. The smallest absolute Gasteiger partial charge is 0.394 e. The molecule has 17 heteroatoms. The van der Waals surface area contributed by atoms with Crippen molar-refractivity contribution in [3.05, 3.63) is 64.0 Å². The van der Waals surface area contributed by atoms with Crippen molar-refractivity contribution in [1.82, 2.24) is 15.0 Å². The summed E-state index contributed by atoms with van der Waals surface area (Å²) in [5.41, 5.74) is -1.67. The van der Waals surface area contributed by atoms with Crippen molar-refractivity contribution >= 4 is 45.4 Å². The van der Waals surface area contributed by atoms with Crippen LogP contribution in [0.2, 0.25) is 10.0 Å². The van der Waals surface area contributed by atoms with Crippen LogP contribution in [0.4, 0.5) is 13.2 Å². The van der Waals surface area contributed by atoms with E-state index in [0.717, 1.165) is 22.6 Å². The molecule has 0 aliphatic carbocycles. The second-order valence-electron chi connectivity index (χ2n) is 7.73. The molecule has 5 unspecified atom stereocenters. The number of rotatable bonds is 7. The van der Waals surface area contributed by atoms with Gasteiger partial charge in [0.15, 0.2) is 17.5 Å². The second-order valence-corrected chi connectivity index (χ2v) is 10.8. The normalized spacial score (nSPS) is 24.4. The van der Waals surface area contributed by atoms with Crippen molar-refractivity contribution in [2.45, 2.75) is 34.7 Å². The number of ether oxygens (including phenoxy) is 1. The molecule has 1 aliphatic heterocycles. The van der Waals surface area contributed by atoms with Crippen LogP contribution in [-0.4, -0.2) is 68.5 Å². The number of halogens is 5. The first-order chi connectivity index (χ1) is 17.4. The SMILES string of the molecule is O=S(=O)(O)OC1C(Sc2ccc(Cl)c(Cl)c2)OC(CO)C(O)C1n1cc(-c2cc(F)c(F)c(F)c2)nn1. The largest absolute Gasteiger partial charge is 0.397 e. The molecule has 1 aromatic heterocycles.